The van der Waals surface area contributed by atoms with Gasteiger partial charge >= 0.3 is 0 Å². The van der Waals surface area contributed by atoms with E-state index in [0.29, 0.717) is 5.41 Å². The second-order valence-corrected chi connectivity index (χ2v) is 7.23. The number of hydrogen-bond donors (Lipinski definition) is 0. The van der Waals surface area contributed by atoms with Gasteiger partial charge in [0.2, 0.25) is 0 Å². The number of alkyl halides is 1. The first-order chi connectivity index (χ1) is 6.93. The quantitative estimate of drug-likeness (QED) is 0.616. The molecular weight excluding hydrogens is 248 g/mol. The van der Waals surface area contributed by atoms with Gasteiger partial charge in [0.05, 0.1) is 0 Å². The molecule has 1 unspecified atom stereocenters. The molecule has 0 amide bonds. The van der Waals surface area contributed by atoms with E-state index in [2.05, 4.69) is 43.6 Å². The molecule has 0 N–H and O–H groups in total. The molecule has 15 heavy (non-hydrogen) atoms. The molecule has 0 spiro atoms. The van der Waals surface area contributed by atoms with Crippen molar-refractivity contribution < 1.29 is 0 Å². The average molecular weight is 275 g/mol. The van der Waals surface area contributed by atoms with Crippen LogP contribution in [-0.4, -0.2) is 5.33 Å². The van der Waals surface area contributed by atoms with E-state index in [1.165, 1.54) is 37.4 Å². The minimum atomic E-state index is 0.534. The Balaban J connectivity index is 2.30. The molecule has 0 aliphatic heterocycles. The van der Waals surface area contributed by atoms with Crippen LogP contribution < -0.4 is 0 Å². The van der Waals surface area contributed by atoms with Crippen molar-refractivity contribution in [2.75, 3.05) is 5.33 Å². The highest BCUT2D eigenvalue weighted by Gasteiger charge is 2.29. The van der Waals surface area contributed by atoms with Crippen LogP contribution in [0.1, 0.15) is 59.8 Å². The van der Waals surface area contributed by atoms with E-state index >= 15 is 0 Å². The van der Waals surface area contributed by atoms with Crippen LogP contribution in [0.3, 0.4) is 0 Å². The molecule has 0 aromatic carbocycles. The first-order valence-electron chi connectivity index (χ1n) is 6.49. The highest BCUT2D eigenvalue weighted by molar-refractivity contribution is 9.09. The molecule has 0 heterocycles. The molecule has 0 saturated heterocycles. The first kappa shape index (κ1) is 13.5. The third-order valence-electron chi connectivity index (χ3n) is 4.07. The van der Waals surface area contributed by atoms with Crippen molar-refractivity contribution in [3.63, 3.8) is 0 Å². The first-order valence-corrected chi connectivity index (χ1v) is 7.61. The van der Waals surface area contributed by atoms with Crippen molar-refractivity contribution in [1.82, 2.24) is 0 Å². The van der Waals surface area contributed by atoms with E-state index in [1.807, 2.05) is 0 Å². The Kier molecular flexibility index (Phi) is 5.15. The van der Waals surface area contributed by atoms with Gasteiger partial charge in [-0.1, -0.05) is 56.5 Å². The van der Waals surface area contributed by atoms with E-state index in [-0.39, 0.29) is 0 Å². The summed E-state index contributed by atoms with van der Waals surface area (Å²) in [4.78, 5) is 0. The van der Waals surface area contributed by atoms with Crippen molar-refractivity contribution in [2.24, 2.45) is 23.2 Å². The van der Waals surface area contributed by atoms with Crippen LogP contribution in [0.2, 0.25) is 0 Å². The van der Waals surface area contributed by atoms with E-state index in [1.54, 1.807) is 0 Å². The lowest BCUT2D eigenvalue weighted by molar-refractivity contribution is 0.141. The average Bonchev–Trinajstić information content (AvgIpc) is 2.17. The van der Waals surface area contributed by atoms with Crippen LogP contribution >= 0.6 is 15.9 Å². The summed E-state index contributed by atoms with van der Waals surface area (Å²) < 4.78 is 0. The van der Waals surface area contributed by atoms with Gasteiger partial charge in [-0.25, -0.2) is 0 Å². The molecule has 1 rings (SSSR count). The Labute approximate surface area is 104 Å². The fourth-order valence-corrected chi connectivity index (χ4v) is 3.16. The fourth-order valence-electron chi connectivity index (χ4n) is 2.90. The van der Waals surface area contributed by atoms with Gasteiger partial charge in [-0.05, 0) is 42.4 Å². The Morgan fingerprint density at radius 2 is 1.67 bits per heavy atom. The molecular formula is C14H27Br. The zero-order valence-corrected chi connectivity index (χ0v) is 12.4. The van der Waals surface area contributed by atoms with Crippen molar-refractivity contribution >= 4 is 15.9 Å². The van der Waals surface area contributed by atoms with E-state index < -0.39 is 0 Å². The summed E-state index contributed by atoms with van der Waals surface area (Å²) in [6, 6.07) is 0. The largest absolute Gasteiger partial charge is 0.0925 e. The molecule has 1 aliphatic rings. The zero-order chi connectivity index (χ0) is 11.5. The van der Waals surface area contributed by atoms with Gasteiger partial charge in [0.1, 0.15) is 0 Å². The van der Waals surface area contributed by atoms with Crippen molar-refractivity contribution in [1.29, 1.82) is 0 Å². The third kappa shape index (κ3) is 4.46. The molecule has 1 heteroatoms. The third-order valence-corrected chi connectivity index (χ3v) is 5.18. The van der Waals surface area contributed by atoms with Gasteiger partial charge in [-0.3, -0.25) is 0 Å². The summed E-state index contributed by atoms with van der Waals surface area (Å²) in [5, 5.41) is 1.17. The molecule has 90 valence electrons. The summed E-state index contributed by atoms with van der Waals surface area (Å²) in [7, 11) is 0. The lowest BCUT2D eigenvalue weighted by Gasteiger charge is -2.37. The summed E-state index contributed by atoms with van der Waals surface area (Å²) in [6.45, 7) is 9.57. The standard InChI is InChI=1S/C14H27Br/c1-11(10-15)9-12-5-7-13(8-6-12)14(2,3)4/h11-13H,5-10H2,1-4H3. The topological polar surface area (TPSA) is 0 Å². The van der Waals surface area contributed by atoms with Crippen LogP contribution in [0, 0.1) is 23.2 Å². The highest BCUT2D eigenvalue weighted by atomic mass is 79.9. The van der Waals surface area contributed by atoms with Gasteiger partial charge in [0.15, 0.2) is 0 Å². The summed E-state index contributed by atoms with van der Waals surface area (Å²) in [5.41, 5.74) is 0.534. The SMILES string of the molecule is CC(CBr)CC1CCC(C(C)(C)C)CC1. The molecule has 0 nitrogen and oxygen atoms in total. The molecule has 1 aliphatic carbocycles. The summed E-state index contributed by atoms with van der Waals surface area (Å²) >= 11 is 3.59. The highest BCUT2D eigenvalue weighted by Crippen LogP contribution is 2.41. The van der Waals surface area contributed by atoms with Crippen LogP contribution in [0.15, 0.2) is 0 Å². The summed E-state index contributed by atoms with van der Waals surface area (Å²) in [5.74, 6) is 2.84. The molecule has 0 aromatic rings. The fraction of sp³-hybridized carbons (Fsp3) is 1.00. The molecule has 0 radical (unpaired) electrons. The molecule has 0 bridgehead atoms. The van der Waals surface area contributed by atoms with E-state index in [4.69, 9.17) is 0 Å². The van der Waals surface area contributed by atoms with Gasteiger partial charge in [-0.15, -0.1) is 0 Å². The van der Waals surface area contributed by atoms with E-state index in [9.17, 15) is 0 Å². The van der Waals surface area contributed by atoms with Crippen LogP contribution in [0.4, 0.5) is 0 Å². The Morgan fingerprint density at radius 1 is 1.13 bits per heavy atom. The number of rotatable bonds is 3. The lowest BCUT2D eigenvalue weighted by Crippen LogP contribution is -2.26. The Bertz CT molecular complexity index is 172. The maximum Gasteiger partial charge on any atom is 0.00571 e. The Hall–Kier alpha value is 0.480. The predicted octanol–water partition coefficient (Wildman–Crippen LogP) is 5.26. The monoisotopic (exact) mass is 274 g/mol. The minimum absolute atomic E-state index is 0.534. The van der Waals surface area contributed by atoms with Crippen molar-refractivity contribution in [3.8, 4) is 0 Å². The maximum atomic E-state index is 3.59. The number of hydrogen-bond acceptors (Lipinski definition) is 0. The van der Waals surface area contributed by atoms with Crippen molar-refractivity contribution in [3.05, 3.63) is 0 Å². The van der Waals surface area contributed by atoms with Gasteiger partial charge in [0.25, 0.3) is 0 Å². The van der Waals surface area contributed by atoms with E-state index in [0.717, 1.165) is 17.8 Å². The lowest BCUT2D eigenvalue weighted by atomic mass is 9.69. The smallest absolute Gasteiger partial charge is 0.00571 e. The van der Waals surface area contributed by atoms with Crippen LogP contribution in [0.5, 0.6) is 0 Å². The van der Waals surface area contributed by atoms with Gasteiger partial charge in [0, 0.05) is 5.33 Å². The van der Waals surface area contributed by atoms with Crippen LogP contribution in [-0.2, 0) is 0 Å². The zero-order valence-electron chi connectivity index (χ0n) is 10.9. The Morgan fingerprint density at radius 3 is 2.07 bits per heavy atom. The summed E-state index contributed by atoms with van der Waals surface area (Å²) in [6.07, 6.45) is 7.30. The molecule has 1 atom stereocenters. The molecule has 1 fully saturated rings. The molecule has 1 saturated carbocycles. The van der Waals surface area contributed by atoms with Gasteiger partial charge in [-0.2, -0.15) is 0 Å². The maximum absolute atomic E-state index is 3.59. The van der Waals surface area contributed by atoms with Crippen LogP contribution in [0.25, 0.3) is 0 Å². The van der Waals surface area contributed by atoms with Crippen molar-refractivity contribution in [2.45, 2.75) is 59.8 Å². The molecule has 0 aromatic heterocycles. The minimum Gasteiger partial charge on any atom is -0.0925 e. The normalized spacial score (nSPS) is 30.2. The second kappa shape index (κ2) is 5.70. The van der Waals surface area contributed by atoms with Gasteiger partial charge < -0.3 is 0 Å². The predicted molar refractivity (Wildman–Crippen MR) is 72.5 cm³/mol. The number of halogens is 1. The second-order valence-electron chi connectivity index (χ2n) is 6.58.